The zero-order valence-corrected chi connectivity index (χ0v) is 11.7. The van der Waals surface area contributed by atoms with Gasteiger partial charge in [0.25, 0.3) is 0 Å². The Bertz CT molecular complexity index is 356. The summed E-state index contributed by atoms with van der Waals surface area (Å²) in [6.07, 6.45) is 5.88. The van der Waals surface area contributed by atoms with Gasteiger partial charge in [-0.2, -0.15) is 0 Å². The van der Waals surface area contributed by atoms with Crippen LogP contribution in [0.15, 0.2) is 60.3 Å². The molecule has 0 atom stereocenters. The summed E-state index contributed by atoms with van der Waals surface area (Å²) in [5, 5.41) is 0. The zero-order valence-electron chi connectivity index (χ0n) is 11.7. The molecule has 0 aromatic rings. The van der Waals surface area contributed by atoms with Crippen molar-refractivity contribution in [1.29, 1.82) is 0 Å². The number of nitrogens with zero attached hydrogens (tertiary/aromatic N) is 1. The minimum atomic E-state index is 0.934. The normalized spacial score (nSPS) is 18.5. The van der Waals surface area contributed by atoms with Gasteiger partial charge in [-0.3, -0.25) is 4.90 Å². The maximum absolute atomic E-state index is 4.04. The number of likely N-dealkylation sites (N-methyl/N-ethyl adjacent to an activating group) is 1. The smallest absolute Gasteiger partial charge is 0.0240 e. The highest BCUT2D eigenvalue weighted by atomic mass is 15.1. The lowest BCUT2D eigenvalue weighted by molar-refractivity contribution is 0.386. The van der Waals surface area contributed by atoms with Gasteiger partial charge in [0.15, 0.2) is 0 Å². The molecule has 0 bridgehead atoms. The van der Waals surface area contributed by atoms with Crippen molar-refractivity contribution >= 4 is 0 Å². The summed E-state index contributed by atoms with van der Waals surface area (Å²) >= 11 is 0. The first kappa shape index (κ1) is 15.7. The molecule has 1 aliphatic heterocycles. The van der Waals surface area contributed by atoms with Crippen LogP contribution in [0.4, 0.5) is 0 Å². The predicted molar refractivity (Wildman–Crippen MR) is 79.2 cm³/mol. The Balaban J connectivity index is 0.00000121. The van der Waals surface area contributed by atoms with Crippen LogP contribution < -0.4 is 0 Å². The molecule has 1 rings (SSSR count). The first-order chi connectivity index (χ1) is 8.13. The zero-order chi connectivity index (χ0) is 13.4. The van der Waals surface area contributed by atoms with E-state index in [0.29, 0.717) is 0 Å². The number of hydrogen-bond acceptors (Lipinski definition) is 1. The van der Waals surface area contributed by atoms with Crippen LogP contribution in [0.25, 0.3) is 0 Å². The molecule has 0 amide bonds. The molecule has 0 aromatic heterocycles. The molecule has 0 fully saturated rings. The summed E-state index contributed by atoms with van der Waals surface area (Å²) in [5.41, 5.74) is 4.76. The van der Waals surface area contributed by atoms with Gasteiger partial charge in [-0.25, -0.2) is 0 Å². The summed E-state index contributed by atoms with van der Waals surface area (Å²) < 4.78 is 0. The van der Waals surface area contributed by atoms with Crippen molar-refractivity contribution < 1.29 is 0 Å². The Morgan fingerprint density at radius 1 is 1.24 bits per heavy atom. The second kappa shape index (κ2) is 7.86. The Morgan fingerprint density at radius 2 is 1.82 bits per heavy atom. The first-order valence-electron chi connectivity index (χ1n) is 6.15. The summed E-state index contributed by atoms with van der Waals surface area (Å²) in [5.74, 6) is 0. The van der Waals surface area contributed by atoms with Gasteiger partial charge in [-0.05, 0) is 36.3 Å². The molecule has 0 unspecified atom stereocenters. The average Bonchev–Trinajstić information content (AvgIpc) is 2.38. The van der Waals surface area contributed by atoms with Crippen LogP contribution in [-0.4, -0.2) is 25.0 Å². The molecule has 0 saturated carbocycles. The monoisotopic (exact) mass is 231 g/mol. The van der Waals surface area contributed by atoms with E-state index in [1.165, 1.54) is 16.7 Å². The lowest BCUT2D eigenvalue weighted by atomic mass is 9.89. The van der Waals surface area contributed by atoms with Crippen LogP contribution in [0.1, 0.15) is 20.8 Å². The number of allylic oxidation sites excluding steroid dienone is 3. The van der Waals surface area contributed by atoms with E-state index in [9.17, 15) is 0 Å². The fourth-order valence-corrected chi connectivity index (χ4v) is 1.92. The fraction of sp³-hybridized carbons (Fsp3) is 0.375. The van der Waals surface area contributed by atoms with Crippen molar-refractivity contribution in [3.63, 3.8) is 0 Å². The minimum absolute atomic E-state index is 0.934. The lowest BCUT2D eigenvalue weighted by Gasteiger charge is -2.29. The minimum Gasteiger partial charge on any atom is -0.298 e. The van der Waals surface area contributed by atoms with E-state index in [1.807, 2.05) is 26.0 Å². The third-order valence-corrected chi connectivity index (χ3v) is 2.69. The summed E-state index contributed by atoms with van der Waals surface area (Å²) in [6, 6.07) is 0. The summed E-state index contributed by atoms with van der Waals surface area (Å²) in [4.78, 5) is 2.27. The highest BCUT2D eigenvalue weighted by Crippen LogP contribution is 2.28. The first-order valence-corrected chi connectivity index (χ1v) is 6.15. The SMILES string of the molecule is C=CC(=C)C1=C(C=C)CN(C)C/C1=C/C.CC. The van der Waals surface area contributed by atoms with Crippen LogP contribution in [0.2, 0.25) is 0 Å². The van der Waals surface area contributed by atoms with Gasteiger partial charge in [-0.15, -0.1) is 0 Å². The largest absolute Gasteiger partial charge is 0.298 e. The van der Waals surface area contributed by atoms with Gasteiger partial charge in [0.2, 0.25) is 0 Å². The van der Waals surface area contributed by atoms with Crippen molar-refractivity contribution in [1.82, 2.24) is 4.90 Å². The highest BCUT2D eigenvalue weighted by Gasteiger charge is 2.19. The van der Waals surface area contributed by atoms with Crippen LogP contribution in [0.5, 0.6) is 0 Å². The Labute approximate surface area is 107 Å². The van der Waals surface area contributed by atoms with Gasteiger partial charge >= 0.3 is 0 Å². The molecule has 1 heteroatoms. The summed E-state index contributed by atoms with van der Waals surface area (Å²) in [6.45, 7) is 19.6. The Hall–Kier alpha value is -1.34. The highest BCUT2D eigenvalue weighted by molar-refractivity contribution is 5.57. The number of rotatable bonds is 3. The lowest BCUT2D eigenvalue weighted by Crippen LogP contribution is -2.29. The molecule has 94 valence electrons. The second-order valence-corrected chi connectivity index (χ2v) is 3.82. The Morgan fingerprint density at radius 3 is 2.24 bits per heavy atom. The van der Waals surface area contributed by atoms with E-state index in [2.05, 4.69) is 44.7 Å². The predicted octanol–water partition coefficient (Wildman–Crippen LogP) is 4.13. The molecular formula is C16H25N. The average molecular weight is 231 g/mol. The van der Waals surface area contributed by atoms with Gasteiger partial charge in [0, 0.05) is 13.1 Å². The van der Waals surface area contributed by atoms with Crippen molar-refractivity contribution in [2.75, 3.05) is 20.1 Å². The van der Waals surface area contributed by atoms with Crippen LogP contribution in [0.3, 0.4) is 0 Å². The number of hydrogen-bond donors (Lipinski definition) is 0. The van der Waals surface area contributed by atoms with Gasteiger partial charge in [-0.1, -0.05) is 51.8 Å². The fourth-order valence-electron chi connectivity index (χ4n) is 1.92. The van der Waals surface area contributed by atoms with Gasteiger partial charge < -0.3 is 0 Å². The van der Waals surface area contributed by atoms with E-state index in [4.69, 9.17) is 0 Å². The van der Waals surface area contributed by atoms with Crippen molar-refractivity contribution in [2.45, 2.75) is 20.8 Å². The molecule has 0 saturated heterocycles. The third-order valence-electron chi connectivity index (χ3n) is 2.69. The van der Waals surface area contributed by atoms with Gasteiger partial charge in [0.05, 0.1) is 0 Å². The van der Waals surface area contributed by atoms with Gasteiger partial charge in [0.1, 0.15) is 0 Å². The van der Waals surface area contributed by atoms with E-state index in [1.54, 1.807) is 0 Å². The molecular weight excluding hydrogens is 206 g/mol. The van der Waals surface area contributed by atoms with Crippen molar-refractivity contribution in [3.8, 4) is 0 Å². The Kier molecular flexibility index (Phi) is 7.24. The maximum atomic E-state index is 4.04. The molecule has 0 aromatic carbocycles. The van der Waals surface area contributed by atoms with Crippen molar-refractivity contribution in [2.24, 2.45) is 0 Å². The molecule has 0 aliphatic carbocycles. The quantitative estimate of drug-likeness (QED) is 0.660. The van der Waals surface area contributed by atoms with Crippen LogP contribution in [-0.2, 0) is 0 Å². The molecule has 0 radical (unpaired) electrons. The van der Waals surface area contributed by atoms with Crippen LogP contribution >= 0.6 is 0 Å². The molecule has 17 heavy (non-hydrogen) atoms. The van der Waals surface area contributed by atoms with E-state index < -0.39 is 0 Å². The topological polar surface area (TPSA) is 3.24 Å². The van der Waals surface area contributed by atoms with E-state index in [0.717, 1.165) is 18.7 Å². The van der Waals surface area contributed by atoms with E-state index >= 15 is 0 Å². The molecule has 1 aliphatic rings. The van der Waals surface area contributed by atoms with Crippen molar-refractivity contribution in [3.05, 3.63) is 60.3 Å². The molecule has 0 spiro atoms. The maximum Gasteiger partial charge on any atom is 0.0240 e. The van der Waals surface area contributed by atoms with Crippen LogP contribution in [0, 0.1) is 0 Å². The standard InChI is InChI=1S/C14H19N.C2H6/c1-6-11(4)14-12(7-2)9-15(5)10-13(14)8-3;1-2/h6-8H,1-2,4,9-10H2,3,5H3;1-2H3/b13-8-;. The molecule has 0 N–H and O–H groups in total. The summed E-state index contributed by atoms with van der Waals surface area (Å²) in [7, 11) is 2.11. The second-order valence-electron chi connectivity index (χ2n) is 3.82. The van der Waals surface area contributed by atoms with E-state index in [-0.39, 0.29) is 0 Å². The molecule has 1 nitrogen and oxygen atoms in total. The molecule has 1 heterocycles. The third kappa shape index (κ3) is 3.86.